The second-order valence-electron chi connectivity index (χ2n) is 16.0. The van der Waals surface area contributed by atoms with Crippen LogP contribution in [-0.4, -0.2) is 69.3 Å². The Kier molecular flexibility index (Phi) is 17.8. The molecule has 0 N–H and O–H groups in total. The lowest BCUT2D eigenvalue weighted by Gasteiger charge is -2.41. The highest BCUT2D eigenvalue weighted by atomic mass is 28.4. The van der Waals surface area contributed by atoms with Crippen LogP contribution in [0, 0.1) is 17.8 Å². The van der Waals surface area contributed by atoms with E-state index in [9.17, 15) is 65.9 Å². The molecule has 0 aliphatic rings. The molecule has 0 unspecified atom stereocenters. The normalized spacial score (nSPS) is 17.0. The van der Waals surface area contributed by atoms with Crippen LogP contribution < -0.4 is 4.74 Å². The summed E-state index contributed by atoms with van der Waals surface area (Å²) in [5, 5.41) is 0.156. The topological polar surface area (TPSA) is 27.7 Å². The lowest BCUT2D eigenvalue weighted by Crippen LogP contribution is -2.72. The van der Waals surface area contributed by atoms with Crippen LogP contribution >= 0.6 is 0 Å². The van der Waals surface area contributed by atoms with E-state index in [4.69, 9.17) is 13.9 Å². The number of alkyl halides is 15. The molecule has 0 fully saturated rings. The van der Waals surface area contributed by atoms with Crippen LogP contribution in [0.2, 0.25) is 18.1 Å². The lowest BCUT2D eigenvalue weighted by molar-refractivity contribution is -0.452. The molecule has 332 valence electrons. The first-order valence-electron chi connectivity index (χ1n) is 18.1. The van der Waals surface area contributed by atoms with Gasteiger partial charge in [0.25, 0.3) is 0 Å². The van der Waals surface area contributed by atoms with Gasteiger partial charge < -0.3 is 13.9 Å². The molecule has 0 aliphatic carbocycles. The number of hydrogen-bond donors (Lipinski definition) is 0. The number of rotatable bonds is 23. The van der Waals surface area contributed by atoms with Crippen molar-refractivity contribution in [3.05, 3.63) is 54.1 Å². The summed E-state index contributed by atoms with van der Waals surface area (Å²) in [5.41, 5.74) is 0.621. The van der Waals surface area contributed by atoms with Crippen molar-refractivity contribution < 1.29 is 79.8 Å². The summed E-state index contributed by atoms with van der Waals surface area (Å²) in [5.74, 6) is -45.8. The molecule has 1 rings (SSSR count). The standard InChI is InChI=1S/C38H53F15O3Si/c1-25(13-10-15-26(2)23-56-57(8,9)31(5,6)7)14-11-16-27(3)28(4)55-24-29-17-19-30(20-18-29)54-22-12-21-32(39,40)33(41,42)34(43,44)35(45,46)36(47,48)37(49,50)38(51,52)53/h10-11,13,16-20,25-28H,12,14-15,21-24H2,1-9H3/b13-10+,16-11+/t25-,26-,27+,28-/m0/s1. The quantitative estimate of drug-likeness (QED) is 0.0475. The summed E-state index contributed by atoms with van der Waals surface area (Å²) in [4.78, 5) is 0. The Morgan fingerprint density at radius 1 is 0.649 bits per heavy atom. The van der Waals surface area contributed by atoms with Gasteiger partial charge in [0, 0.05) is 13.0 Å². The van der Waals surface area contributed by atoms with Crippen LogP contribution in [0.5, 0.6) is 5.75 Å². The fraction of sp³-hybridized carbons (Fsp3) is 0.737. The van der Waals surface area contributed by atoms with E-state index in [0.717, 1.165) is 19.4 Å². The Bertz CT molecular complexity index is 1440. The second-order valence-corrected chi connectivity index (χ2v) is 20.8. The summed E-state index contributed by atoms with van der Waals surface area (Å²) < 4.78 is 218. The Morgan fingerprint density at radius 2 is 1.14 bits per heavy atom. The first-order chi connectivity index (χ1) is 25.5. The van der Waals surface area contributed by atoms with Crippen molar-refractivity contribution in [2.45, 2.75) is 147 Å². The van der Waals surface area contributed by atoms with Crippen LogP contribution in [-0.2, 0) is 15.8 Å². The zero-order valence-electron chi connectivity index (χ0n) is 33.3. The van der Waals surface area contributed by atoms with Crippen LogP contribution in [0.15, 0.2) is 48.6 Å². The smallest absolute Gasteiger partial charge is 0.460 e. The van der Waals surface area contributed by atoms with Crippen LogP contribution in [0.4, 0.5) is 65.9 Å². The van der Waals surface area contributed by atoms with E-state index < -0.39 is 69.5 Å². The summed E-state index contributed by atoms with van der Waals surface area (Å²) in [6, 6.07) is 5.57. The van der Waals surface area contributed by atoms with Gasteiger partial charge in [-0.05, 0) is 79.8 Å². The summed E-state index contributed by atoms with van der Waals surface area (Å²) in [6.45, 7) is 19.1. The molecule has 4 atom stereocenters. The lowest BCUT2D eigenvalue weighted by atomic mass is 9.90. The third-order valence-corrected chi connectivity index (χ3v) is 14.5. The SMILES string of the molecule is C[C@@H](C/C=C/[C@H](C)C/C=C/[C@@H](C)[C@H](C)OCc1ccc(OCCCC(F)(F)C(F)(F)C(F)(F)C(F)(F)C(F)(F)C(F)(F)C(F)(F)F)cc1)CO[Si](C)(C)C(C)(C)C. The zero-order valence-corrected chi connectivity index (χ0v) is 34.3. The molecule has 0 aromatic heterocycles. The van der Waals surface area contributed by atoms with Crippen molar-refractivity contribution >= 4 is 8.32 Å². The number of hydrogen-bond acceptors (Lipinski definition) is 3. The van der Waals surface area contributed by atoms with Crippen LogP contribution in [0.25, 0.3) is 0 Å². The van der Waals surface area contributed by atoms with Gasteiger partial charge in [-0.2, -0.15) is 65.9 Å². The molecule has 0 amide bonds. The maximum Gasteiger partial charge on any atom is 0.460 e. The molecule has 3 nitrogen and oxygen atoms in total. The van der Waals surface area contributed by atoms with E-state index in [2.05, 4.69) is 65.9 Å². The maximum atomic E-state index is 14.1. The molecule has 0 bridgehead atoms. The molecule has 0 aliphatic heterocycles. The summed E-state index contributed by atoms with van der Waals surface area (Å²) in [6.07, 6.45) is -1.39. The molecule has 0 saturated carbocycles. The second kappa shape index (κ2) is 19.3. The van der Waals surface area contributed by atoms with Crippen molar-refractivity contribution in [3.63, 3.8) is 0 Å². The Balaban J connectivity index is 2.63. The molecule has 1 aromatic carbocycles. The van der Waals surface area contributed by atoms with E-state index >= 15 is 0 Å². The first kappa shape index (κ1) is 52.6. The molecule has 57 heavy (non-hydrogen) atoms. The van der Waals surface area contributed by atoms with Gasteiger partial charge in [0.05, 0.1) is 19.3 Å². The molecular weight excluding hydrogens is 817 g/mol. The number of benzene rings is 1. The van der Waals surface area contributed by atoms with Crippen LogP contribution in [0.3, 0.4) is 0 Å². The number of allylic oxidation sites excluding steroid dienone is 3. The van der Waals surface area contributed by atoms with E-state index in [1.165, 1.54) is 24.3 Å². The Morgan fingerprint density at radius 3 is 1.65 bits per heavy atom. The largest absolute Gasteiger partial charge is 0.494 e. The number of ether oxygens (including phenoxy) is 2. The van der Waals surface area contributed by atoms with E-state index in [1.807, 2.05) is 19.9 Å². The van der Waals surface area contributed by atoms with Crippen LogP contribution in [0.1, 0.15) is 79.7 Å². The molecule has 0 spiro atoms. The Hall–Kier alpha value is -2.41. The highest BCUT2D eigenvalue weighted by molar-refractivity contribution is 6.74. The molecule has 1 aromatic rings. The summed E-state index contributed by atoms with van der Waals surface area (Å²) >= 11 is 0. The van der Waals surface area contributed by atoms with Crippen molar-refractivity contribution in [1.82, 2.24) is 0 Å². The average Bonchev–Trinajstić information content (AvgIpc) is 3.07. The third-order valence-electron chi connectivity index (χ3n) is 9.96. The van der Waals surface area contributed by atoms with Gasteiger partial charge >= 0.3 is 41.7 Å². The minimum absolute atomic E-state index is 0.0327. The molecule has 0 saturated heterocycles. The molecule has 19 heteroatoms. The minimum atomic E-state index is -8.29. The predicted octanol–water partition coefficient (Wildman–Crippen LogP) is 13.9. The van der Waals surface area contributed by atoms with Gasteiger partial charge in [0.2, 0.25) is 0 Å². The van der Waals surface area contributed by atoms with Gasteiger partial charge in [-0.3, -0.25) is 0 Å². The number of halogens is 15. The fourth-order valence-electron chi connectivity index (χ4n) is 4.62. The van der Waals surface area contributed by atoms with Crippen molar-refractivity contribution in [2.24, 2.45) is 17.8 Å². The third kappa shape index (κ3) is 12.8. The summed E-state index contributed by atoms with van der Waals surface area (Å²) in [7, 11) is -1.79. The van der Waals surface area contributed by atoms with E-state index in [1.54, 1.807) is 0 Å². The van der Waals surface area contributed by atoms with Gasteiger partial charge in [-0.25, -0.2) is 0 Å². The van der Waals surface area contributed by atoms with Gasteiger partial charge in [0.15, 0.2) is 8.32 Å². The van der Waals surface area contributed by atoms with E-state index in [0.29, 0.717) is 17.4 Å². The molecule has 0 radical (unpaired) electrons. The van der Waals surface area contributed by atoms with Crippen molar-refractivity contribution in [1.29, 1.82) is 0 Å². The highest BCUT2D eigenvalue weighted by Gasteiger charge is 2.93. The fourth-order valence-corrected chi connectivity index (χ4v) is 5.76. The monoisotopic (exact) mass is 870 g/mol. The highest BCUT2D eigenvalue weighted by Crippen LogP contribution is 2.62. The average molecular weight is 871 g/mol. The predicted molar refractivity (Wildman–Crippen MR) is 189 cm³/mol. The molecular formula is C38H53F15O3Si. The Labute approximate surface area is 325 Å². The van der Waals surface area contributed by atoms with Crippen molar-refractivity contribution in [2.75, 3.05) is 13.2 Å². The van der Waals surface area contributed by atoms with E-state index in [-0.39, 0.29) is 29.4 Å². The maximum absolute atomic E-state index is 14.1. The van der Waals surface area contributed by atoms with Crippen molar-refractivity contribution in [3.8, 4) is 5.75 Å². The van der Waals surface area contributed by atoms with Gasteiger partial charge in [-0.15, -0.1) is 0 Å². The van der Waals surface area contributed by atoms with Gasteiger partial charge in [-0.1, -0.05) is 78.0 Å². The van der Waals surface area contributed by atoms with Gasteiger partial charge in [0.1, 0.15) is 5.75 Å². The zero-order chi connectivity index (χ0) is 44.7. The minimum Gasteiger partial charge on any atom is -0.494 e. The molecule has 0 heterocycles. The first-order valence-corrected chi connectivity index (χ1v) is 21.0.